The fourth-order valence-corrected chi connectivity index (χ4v) is 37.2. The minimum absolute atomic E-state index is 0.0100. The fourth-order valence-electron chi connectivity index (χ4n) is 37.2. The predicted molar refractivity (Wildman–Crippen MR) is 546 cm³/mol. The lowest BCUT2D eigenvalue weighted by molar-refractivity contribution is -0.210. The summed E-state index contributed by atoms with van der Waals surface area (Å²) in [5, 5.41) is 88.1. The number of aliphatic hydroxyl groups excluding tert-OH is 7. The Balaban J connectivity index is 0.000000122. The standard InChI is InChI=1S/C32H44O7.C30H40O7.C28H38O6.C23H30O7.C8H16O/c1-18(2)28(36)37-17-25(35)32-26(38-29(39-32)19-8-6-5-7-9-19)15-23-22-11-10-20-14-21(33)12-13-30(20,3)27(22)24(34)16-31(23,32)4;1-17(31)35-16-24(34)30-25(36-27(37-30)18-7-5-4-6-8-18)14-22-21-10-9-19-13-20(32)11-12-28(19,2)26(21)23(33)15-29(22,30)3;1-26-11-10-18(30)12-17(26)8-9-19-20-13-23-28(22(32)15-29,27(20,2)14-21(31)24(19)26)34-25(33-23)16-6-4-3-5-7-16;1-12(24)30-11-19(28)23(29)18(27)9-16-15-5-4-13-8-14(25)6-7-21(13,2)20(15)17(26)10-22(16,23)3;1-7(9)8-5-3-2-4-6-8/h12-14,18-19,22-24,26-27,29,34H,5-11,15-17H2,1-4H3;11-13,18,21-23,25-27,33H,4-10,14-16H2,1-3H3;10-12,16,19-21,23-25,29,31H,3-9,13-15H2,1-2H3;6-8,15-18,20,26-27,29H,4-5,9-11H2,1-3H3;7-9H,2-6H2,1H3/t22?,23?,24-,26+,27?,29+,30-,31-,32+;21?,22?,23-,25+,26?,27+,28-,29-,30+;19?,20?,21-,23+,24?,25+,26-,27-,28+;15?,16?,17-,18+,20?,21-,22-,23-;/m0000./s1. The van der Waals surface area contributed by atoms with Gasteiger partial charge in [-0.25, -0.2) is 0 Å². The van der Waals surface area contributed by atoms with Crippen LogP contribution in [0.15, 0.2) is 95.2 Å². The van der Waals surface area contributed by atoms with Gasteiger partial charge in [0, 0.05) is 98.6 Å². The van der Waals surface area contributed by atoms with Gasteiger partial charge in [-0.3, -0.25) is 52.7 Å². The van der Waals surface area contributed by atoms with Crippen LogP contribution in [0.5, 0.6) is 0 Å². The molecule has 0 spiro atoms. The second-order valence-corrected chi connectivity index (χ2v) is 52.1. The van der Waals surface area contributed by atoms with Crippen molar-refractivity contribution < 1.29 is 136 Å². The highest BCUT2D eigenvalue weighted by molar-refractivity contribution is 6.03. The Hall–Kier alpha value is -6.87. The highest BCUT2D eigenvalue weighted by atomic mass is 16.8. The number of hydrogen-bond donors (Lipinski definition) is 8. The second-order valence-electron chi connectivity index (χ2n) is 52.1. The summed E-state index contributed by atoms with van der Waals surface area (Å²) in [6.45, 7) is 22.6. The van der Waals surface area contributed by atoms with Crippen molar-refractivity contribution in [2.24, 2.45) is 144 Å². The summed E-state index contributed by atoms with van der Waals surface area (Å²) in [7, 11) is 0. The van der Waals surface area contributed by atoms with Crippen molar-refractivity contribution in [3.8, 4) is 0 Å². The van der Waals surface area contributed by atoms with E-state index in [2.05, 4.69) is 41.5 Å². The Morgan fingerprint density at radius 2 is 0.644 bits per heavy atom. The Morgan fingerprint density at radius 3 is 0.926 bits per heavy atom. The van der Waals surface area contributed by atoms with Crippen molar-refractivity contribution in [2.45, 2.75) is 417 Å². The molecule has 3 heterocycles. The first-order valence-electron chi connectivity index (χ1n) is 57.4. The zero-order valence-electron chi connectivity index (χ0n) is 90.2. The fraction of sp³-hybridized carbons (Fsp3) is 0.777. The first kappa shape index (κ1) is 110. The van der Waals surface area contributed by atoms with Crippen molar-refractivity contribution >= 4 is 64.2 Å². The molecule has 0 aromatic heterocycles. The van der Waals surface area contributed by atoms with Crippen LogP contribution in [0.4, 0.5) is 0 Å². The lowest BCUT2D eigenvalue weighted by Gasteiger charge is -2.59. The molecule has 149 heavy (non-hydrogen) atoms. The molecule has 0 aromatic rings. The SMILES string of the molecule is CC(=O)OCC(=O)[C@@]1(O)[C@H](O)CC2C3CCC4=CC(=O)C=C[C@]4(C)C3[C@@H](O)C[C@@]21C.CC(=O)OCC(=O)[C@@]12O[C@H](C3CCCCC3)O[C@@H]1CC1C3CCC4=CC(=O)C=C[C@]4(C)C3[C@@H](O)C[C@@]12C.CC(C)C(=O)OCC(=O)[C@@]12O[C@H](C3CCCCC3)O[C@@H]1CC1C3CCC4=CC(=O)C=C[C@]4(C)C3[C@@H](O)C[C@@]12C.CC(O)C1CCCCC1.C[C@]12C=CC(=O)C=C1CCC1C2[C@@H](O)C[C@@]2(C)C1C[C@H]1O[C@@H](C3CCCCC3)O[C@]12C(=O)CO. The topological polar surface area (TPSA) is 433 Å². The number of Topliss-reactive ketones (excluding diaryl/α,β-unsaturated/α-hetero) is 4. The second kappa shape index (κ2) is 41.6. The zero-order valence-corrected chi connectivity index (χ0v) is 90.2. The van der Waals surface area contributed by atoms with Gasteiger partial charge < -0.3 is 83.5 Å². The quantitative estimate of drug-likeness (QED) is 0.0525. The van der Waals surface area contributed by atoms with E-state index in [0.29, 0.717) is 50.9 Å². The van der Waals surface area contributed by atoms with E-state index in [1.807, 2.05) is 38.2 Å². The maximum absolute atomic E-state index is 14.2. The number of aliphatic hydroxyl groups is 8. The van der Waals surface area contributed by atoms with Gasteiger partial charge in [0.25, 0.3) is 0 Å². The van der Waals surface area contributed by atoms with Crippen molar-refractivity contribution in [3.63, 3.8) is 0 Å². The normalized spacial score (nSPS) is 46.0. The van der Waals surface area contributed by atoms with Crippen molar-refractivity contribution in [3.05, 3.63) is 95.2 Å². The van der Waals surface area contributed by atoms with Gasteiger partial charge in [0.2, 0.25) is 17.3 Å². The third-order valence-corrected chi connectivity index (χ3v) is 44.4. The Kier molecular flexibility index (Phi) is 30.8. The molecule has 0 radical (unpaired) electrons. The van der Waals surface area contributed by atoms with Gasteiger partial charge in [-0.1, -0.05) is 193 Å². The van der Waals surface area contributed by atoms with E-state index >= 15 is 0 Å². The first-order chi connectivity index (χ1) is 70.6. The van der Waals surface area contributed by atoms with Crippen LogP contribution in [0.1, 0.15) is 321 Å². The summed E-state index contributed by atoms with van der Waals surface area (Å²) in [5.41, 5.74) is -5.97. The molecule has 23 aliphatic rings. The molecule has 0 bridgehead atoms. The average Bonchev–Trinajstić information content (AvgIpc) is 1.51. The molecule has 820 valence electrons. The van der Waals surface area contributed by atoms with Gasteiger partial charge >= 0.3 is 17.9 Å². The van der Waals surface area contributed by atoms with Crippen LogP contribution < -0.4 is 0 Å². The largest absolute Gasteiger partial charge is 0.458 e. The summed E-state index contributed by atoms with van der Waals surface area (Å²) in [6.07, 6.45) is 48.1. The van der Waals surface area contributed by atoms with Crippen LogP contribution in [0.2, 0.25) is 0 Å². The molecule has 0 amide bonds. The number of allylic oxidation sites excluding steroid dienone is 16. The van der Waals surface area contributed by atoms with Gasteiger partial charge in [0.15, 0.2) is 90.0 Å². The van der Waals surface area contributed by atoms with Crippen LogP contribution in [0, 0.1) is 144 Å². The van der Waals surface area contributed by atoms with Gasteiger partial charge in [0.05, 0.1) is 60.9 Å². The molecule has 36 atom stereocenters. The molecule has 23 rings (SSSR count). The summed E-state index contributed by atoms with van der Waals surface area (Å²) in [6, 6.07) is 0. The van der Waals surface area contributed by atoms with Gasteiger partial charge in [-0.15, -0.1) is 0 Å². The summed E-state index contributed by atoms with van der Waals surface area (Å²) in [4.78, 5) is 138. The van der Waals surface area contributed by atoms with Crippen molar-refractivity contribution in [1.29, 1.82) is 0 Å². The van der Waals surface area contributed by atoms with E-state index < -0.39 is 148 Å². The number of fused-ring (bicyclic) bond motifs is 26. The molecule has 16 saturated carbocycles. The van der Waals surface area contributed by atoms with Gasteiger partial charge in [-0.05, 0) is 263 Å². The van der Waals surface area contributed by atoms with E-state index in [4.69, 9.17) is 42.6 Å². The summed E-state index contributed by atoms with van der Waals surface area (Å²) >= 11 is 0. The van der Waals surface area contributed by atoms with Gasteiger partial charge in [0.1, 0.15) is 6.61 Å². The van der Waals surface area contributed by atoms with Crippen LogP contribution in [0.25, 0.3) is 0 Å². The van der Waals surface area contributed by atoms with E-state index in [-0.39, 0.29) is 190 Å². The number of esters is 3. The minimum atomic E-state index is -2.09. The smallest absolute Gasteiger partial charge is 0.308 e. The maximum Gasteiger partial charge on any atom is 0.308 e. The molecule has 3 aliphatic heterocycles. The zero-order chi connectivity index (χ0) is 107. The van der Waals surface area contributed by atoms with Crippen molar-refractivity contribution in [2.75, 3.05) is 26.4 Å². The monoisotopic (exact) mass is 2070 g/mol. The lowest BCUT2D eigenvalue weighted by atomic mass is 9.46. The highest BCUT2D eigenvalue weighted by Gasteiger charge is 2.81. The van der Waals surface area contributed by atoms with Gasteiger partial charge in [-0.2, -0.15) is 0 Å². The highest BCUT2D eigenvalue weighted by Crippen LogP contribution is 2.76. The van der Waals surface area contributed by atoms with Crippen LogP contribution in [-0.2, 0) is 95.4 Å². The third-order valence-electron chi connectivity index (χ3n) is 44.4. The Bertz CT molecular complexity index is 5440. The number of ketones is 8. The van der Waals surface area contributed by atoms with Crippen LogP contribution in [0.3, 0.4) is 0 Å². The number of carbonyl (C=O) groups excluding carboxylic acids is 11. The summed E-state index contributed by atoms with van der Waals surface area (Å²) in [5.74, 6) is -1.51. The Labute approximate surface area is 878 Å². The van der Waals surface area contributed by atoms with Crippen LogP contribution >= 0.6 is 0 Å². The molecular formula is C121H168O28. The Morgan fingerprint density at radius 1 is 0.369 bits per heavy atom. The number of rotatable bonds is 16. The minimum Gasteiger partial charge on any atom is -0.458 e. The number of hydrogen-bond acceptors (Lipinski definition) is 28. The lowest BCUT2D eigenvalue weighted by Crippen LogP contribution is -2.63. The van der Waals surface area contributed by atoms with E-state index in [1.165, 1.54) is 65.2 Å². The third kappa shape index (κ3) is 18.0. The molecule has 19 fully saturated rings. The van der Waals surface area contributed by atoms with E-state index in [1.54, 1.807) is 69.4 Å². The van der Waals surface area contributed by atoms with Crippen LogP contribution in [-0.4, -0.2) is 228 Å². The molecule has 28 nitrogen and oxygen atoms in total. The molecule has 3 saturated heterocycles. The van der Waals surface area contributed by atoms with E-state index in [0.717, 1.165) is 144 Å². The summed E-state index contributed by atoms with van der Waals surface area (Å²) < 4.78 is 55.8. The number of ether oxygens (including phenoxy) is 9. The molecular weight excluding hydrogens is 1900 g/mol. The molecule has 28 heteroatoms. The average molecular weight is 2070 g/mol. The predicted octanol–water partition coefficient (Wildman–Crippen LogP) is 15.3. The first-order valence-corrected chi connectivity index (χ1v) is 57.4. The maximum atomic E-state index is 14.2. The molecule has 8 N–H and O–H groups in total. The molecule has 0 aromatic carbocycles. The van der Waals surface area contributed by atoms with E-state index in [9.17, 15) is 93.6 Å². The number of carbonyl (C=O) groups is 11. The molecule has 13 unspecified atom stereocenters. The molecule has 20 aliphatic carbocycles. The van der Waals surface area contributed by atoms with Crippen molar-refractivity contribution in [1.82, 2.24) is 0 Å².